The van der Waals surface area contributed by atoms with E-state index in [0.29, 0.717) is 18.2 Å². The minimum absolute atomic E-state index is 0. The Morgan fingerprint density at radius 2 is 2.14 bits per heavy atom. The maximum Gasteiger partial charge on any atom is 0.235 e. The van der Waals surface area contributed by atoms with Crippen LogP contribution in [0.5, 0.6) is 5.88 Å². The Bertz CT molecular complexity index is 312. The summed E-state index contributed by atoms with van der Waals surface area (Å²) in [6.45, 7) is 5.88. The van der Waals surface area contributed by atoms with Crippen molar-refractivity contribution < 1.29 is 4.74 Å². The number of halogens is 2. The fourth-order valence-corrected chi connectivity index (χ4v) is 1.37. The van der Waals surface area contributed by atoms with E-state index in [4.69, 9.17) is 10.5 Å². The lowest BCUT2D eigenvalue weighted by Gasteiger charge is -2.30. The van der Waals surface area contributed by atoms with E-state index in [0.717, 1.165) is 6.54 Å². The Labute approximate surface area is 95.6 Å². The standard InChI is InChI=1S/C8H13N3O.2ClH/c1-8(2)4-11-7(12-5-8)6(9)3-10-11;;/h3H,4-5,9H2,1-2H3;2*1H. The van der Waals surface area contributed by atoms with Crippen molar-refractivity contribution in [1.29, 1.82) is 0 Å². The van der Waals surface area contributed by atoms with Gasteiger partial charge < -0.3 is 10.5 Å². The molecule has 0 saturated carbocycles. The molecule has 2 rings (SSSR count). The van der Waals surface area contributed by atoms with Gasteiger partial charge in [0.2, 0.25) is 5.88 Å². The van der Waals surface area contributed by atoms with Crippen molar-refractivity contribution in [2.24, 2.45) is 5.41 Å². The quantitative estimate of drug-likeness (QED) is 0.751. The average Bonchev–Trinajstić information content (AvgIpc) is 2.30. The highest BCUT2D eigenvalue weighted by atomic mass is 35.5. The van der Waals surface area contributed by atoms with E-state index < -0.39 is 0 Å². The number of rotatable bonds is 0. The summed E-state index contributed by atoms with van der Waals surface area (Å²) in [5.74, 6) is 0.717. The third-order valence-corrected chi connectivity index (χ3v) is 2.00. The number of anilines is 1. The molecule has 4 nitrogen and oxygen atoms in total. The summed E-state index contributed by atoms with van der Waals surface area (Å²) < 4.78 is 7.30. The summed E-state index contributed by atoms with van der Waals surface area (Å²) in [7, 11) is 0. The Hall–Kier alpha value is -0.610. The zero-order valence-electron chi connectivity index (χ0n) is 8.19. The highest BCUT2D eigenvalue weighted by molar-refractivity contribution is 5.85. The maximum absolute atomic E-state index is 5.64. The number of ether oxygens (including phenoxy) is 1. The number of nitrogens with zero attached hydrogens (tertiary/aromatic N) is 2. The van der Waals surface area contributed by atoms with Crippen molar-refractivity contribution in [1.82, 2.24) is 9.78 Å². The molecule has 2 N–H and O–H groups in total. The van der Waals surface area contributed by atoms with Crippen LogP contribution in [0.1, 0.15) is 13.8 Å². The minimum Gasteiger partial charge on any atom is -0.476 e. The summed E-state index contributed by atoms with van der Waals surface area (Å²) in [4.78, 5) is 0. The van der Waals surface area contributed by atoms with Crippen LogP contribution >= 0.6 is 24.8 Å². The summed E-state index contributed by atoms with van der Waals surface area (Å²) in [5.41, 5.74) is 6.43. The van der Waals surface area contributed by atoms with Crippen molar-refractivity contribution in [2.75, 3.05) is 12.3 Å². The molecule has 6 heteroatoms. The molecule has 0 unspecified atom stereocenters. The Balaban J connectivity index is 0.000000845. The summed E-state index contributed by atoms with van der Waals surface area (Å²) in [6.07, 6.45) is 1.64. The number of nitrogen functional groups attached to an aromatic ring is 1. The summed E-state index contributed by atoms with van der Waals surface area (Å²) in [5, 5.41) is 4.12. The van der Waals surface area contributed by atoms with Crippen LogP contribution in [0.25, 0.3) is 0 Å². The Kier molecular flexibility index (Phi) is 4.09. The molecule has 2 heterocycles. The lowest BCUT2D eigenvalue weighted by Crippen LogP contribution is -2.33. The predicted octanol–water partition coefficient (Wildman–Crippen LogP) is 1.73. The lowest BCUT2D eigenvalue weighted by molar-refractivity contribution is 0.101. The molecular weight excluding hydrogens is 225 g/mol. The predicted molar refractivity (Wildman–Crippen MR) is 60.4 cm³/mol. The van der Waals surface area contributed by atoms with Gasteiger partial charge in [-0.15, -0.1) is 24.8 Å². The van der Waals surface area contributed by atoms with Gasteiger partial charge in [-0.3, -0.25) is 0 Å². The maximum atomic E-state index is 5.64. The van der Waals surface area contributed by atoms with Gasteiger partial charge in [0.05, 0.1) is 19.3 Å². The summed E-state index contributed by atoms with van der Waals surface area (Å²) >= 11 is 0. The molecule has 0 bridgehead atoms. The number of fused-ring (bicyclic) bond motifs is 1. The minimum atomic E-state index is 0. The fourth-order valence-electron chi connectivity index (χ4n) is 1.37. The summed E-state index contributed by atoms with van der Waals surface area (Å²) in [6, 6.07) is 0. The van der Waals surface area contributed by atoms with Gasteiger partial charge in [-0.2, -0.15) is 5.10 Å². The molecule has 14 heavy (non-hydrogen) atoms. The molecule has 1 aliphatic heterocycles. The van der Waals surface area contributed by atoms with Gasteiger partial charge in [-0.05, 0) is 0 Å². The lowest BCUT2D eigenvalue weighted by atomic mass is 9.94. The van der Waals surface area contributed by atoms with E-state index in [-0.39, 0.29) is 30.2 Å². The molecule has 82 valence electrons. The second-order valence-corrected chi connectivity index (χ2v) is 4.02. The topological polar surface area (TPSA) is 53.1 Å². The van der Waals surface area contributed by atoms with Gasteiger partial charge in [0, 0.05) is 5.41 Å². The number of nitrogens with two attached hydrogens (primary N) is 1. The van der Waals surface area contributed by atoms with E-state index in [2.05, 4.69) is 18.9 Å². The fraction of sp³-hybridized carbons (Fsp3) is 0.625. The third-order valence-electron chi connectivity index (χ3n) is 2.00. The highest BCUT2D eigenvalue weighted by Crippen LogP contribution is 2.31. The van der Waals surface area contributed by atoms with Gasteiger partial charge >= 0.3 is 0 Å². The molecule has 0 amide bonds. The largest absolute Gasteiger partial charge is 0.476 e. The zero-order valence-corrected chi connectivity index (χ0v) is 9.82. The molecule has 0 saturated heterocycles. The monoisotopic (exact) mass is 239 g/mol. The third kappa shape index (κ3) is 2.25. The normalized spacial score (nSPS) is 17.0. The van der Waals surface area contributed by atoms with Crippen LogP contribution in [-0.4, -0.2) is 16.4 Å². The molecule has 0 aliphatic carbocycles. The average molecular weight is 240 g/mol. The van der Waals surface area contributed by atoms with E-state index in [9.17, 15) is 0 Å². The molecule has 0 fully saturated rings. The van der Waals surface area contributed by atoms with Gasteiger partial charge in [0.15, 0.2) is 0 Å². The van der Waals surface area contributed by atoms with Crippen molar-refractivity contribution in [3.8, 4) is 5.88 Å². The van der Waals surface area contributed by atoms with Gasteiger partial charge in [0.1, 0.15) is 5.69 Å². The zero-order chi connectivity index (χ0) is 8.77. The molecule has 0 spiro atoms. The molecule has 1 aliphatic rings. The van der Waals surface area contributed by atoms with E-state index in [1.165, 1.54) is 0 Å². The van der Waals surface area contributed by atoms with E-state index in [1.54, 1.807) is 6.20 Å². The van der Waals surface area contributed by atoms with Crippen molar-refractivity contribution in [3.63, 3.8) is 0 Å². The SMILES string of the molecule is CC1(C)COc2c(N)cnn2C1.Cl.Cl. The van der Waals surface area contributed by atoms with Crippen LogP contribution in [0.15, 0.2) is 6.20 Å². The van der Waals surface area contributed by atoms with Gasteiger partial charge in [-0.25, -0.2) is 4.68 Å². The first-order valence-corrected chi connectivity index (χ1v) is 4.03. The van der Waals surface area contributed by atoms with Crippen LogP contribution in [-0.2, 0) is 6.54 Å². The Morgan fingerprint density at radius 3 is 2.79 bits per heavy atom. The number of aromatic nitrogens is 2. The van der Waals surface area contributed by atoms with Crippen LogP contribution in [0, 0.1) is 5.41 Å². The first kappa shape index (κ1) is 13.4. The van der Waals surface area contributed by atoms with E-state index in [1.807, 2.05) is 4.68 Å². The molecular formula is C8H15Cl2N3O. The molecule has 0 aromatic carbocycles. The molecule has 0 radical (unpaired) electrons. The molecule has 1 aromatic heterocycles. The first-order chi connectivity index (χ1) is 5.58. The smallest absolute Gasteiger partial charge is 0.235 e. The van der Waals surface area contributed by atoms with Crippen LogP contribution < -0.4 is 10.5 Å². The van der Waals surface area contributed by atoms with Crippen LogP contribution in [0.3, 0.4) is 0 Å². The first-order valence-electron chi connectivity index (χ1n) is 4.03. The molecule has 0 atom stereocenters. The number of hydrogen-bond donors (Lipinski definition) is 1. The second-order valence-electron chi connectivity index (χ2n) is 4.02. The molecule has 1 aromatic rings. The van der Waals surface area contributed by atoms with Crippen molar-refractivity contribution in [3.05, 3.63) is 6.20 Å². The highest BCUT2D eigenvalue weighted by Gasteiger charge is 2.28. The van der Waals surface area contributed by atoms with E-state index >= 15 is 0 Å². The van der Waals surface area contributed by atoms with Gasteiger partial charge in [0.25, 0.3) is 0 Å². The van der Waals surface area contributed by atoms with Crippen LogP contribution in [0.4, 0.5) is 5.69 Å². The van der Waals surface area contributed by atoms with Crippen molar-refractivity contribution in [2.45, 2.75) is 20.4 Å². The van der Waals surface area contributed by atoms with Crippen molar-refractivity contribution >= 4 is 30.5 Å². The Morgan fingerprint density at radius 1 is 1.50 bits per heavy atom. The number of hydrogen-bond acceptors (Lipinski definition) is 3. The second kappa shape index (κ2) is 4.28. The van der Waals surface area contributed by atoms with Crippen LogP contribution in [0.2, 0.25) is 0 Å². The van der Waals surface area contributed by atoms with Gasteiger partial charge in [-0.1, -0.05) is 13.8 Å².